The lowest BCUT2D eigenvalue weighted by molar-refractivity contribution is -0.127. The second kappa shape index (κ2) is 11.9. The third-order valence-electron chi connectivity index (χ3n) is 2.88. The van der Waals surface area contributed by atoms with E-state index in [0.29, 0.717) is 25.5 Å². The standard InChI is InChI=1S/C16H23FN4O.HI/c1-4-9-18-16(20-12-15(22)21(2)3)19-10-8-13-6-5-7-14(17)11-13;/h4-7,11H,1,8-10,12H2,2-3H3,(H2,18,19,20);1H. The molecule has 0 aliphatic heterocycles. The van der Waals surface area contributed by atoms with E-state index in [1.807, 2.05) is 6.07 Å². The van der Waals surface area contributed by atoms with Crippen LogP contribution in [-0.4, -0.2) is 50.5 Å². The van der Waals surface area contributed by atoms with Gasteiger partial charge in [0.15, 0.2) is 5.96 Å². The highest BCUT2D eigenvalue weighted by molar-refractivity contribution is 14.0. The molecule has 23 heavy (non-hydrogen) atoms. The molecule has 1 aromatic rings. The fourth-order valence-corrected chi connectivity index (χ4v) is 1.65. The van der Waals surface area contributed by atoms with Crippen molar-refractivity contribution in [3.8, 4) is 0 Å². The number of likely N-dealkylation sites (N-methyl/N-ethyl adjacent to an activating group) is 1. The molecular weight excluding hydrogens is 410 g/mol. The van der Waals surface area contributed by atoms with Crippen LogP contribution in [0.15, 0.2) is 41.9 Å². The van der Waals surface area contributed by atoms with Crippen LogP contribution in [-0.2, 0) is 11.2 Å². The van der Waals surface area contributed by atoms with Gasteiger partial charge in [0.25, 0.3) is 0 Å². The van der Waals surface area contributed by atoms with Crippen molar-refractivity contribution in [2.24, 2.45) is 4.99 Å². The summed E-state index contributed by atoms with van der Waals surface area (Å²) in [5, 5.41) is 6.15. The molecule has 0 aliphatic rings. The van der Waals surface area contributed by atoms with Crippen molar-refractivity contribution in [3.05, 3.63) is 48.3 Å². The van der Waals surface area contributed by atoms with Gasteiger partial charge in [0.05, 0.1) is 0 Å². The summed E-state index contributed by atoms with van der Waals surface area (Å²) in [6.45, 7) is 4.83. The fourth-order valence-electron chi connectivity index (χ4n) is 1.65. The lowest BCUT2D eigenvalue weighted by Gasteiger charge is -2.13. The van der Waals surface area contributed by atoms with E-state index in [1.54, 1.807) is 26.2 Å². The minimum absolute atomic E-state index is 0. The number of carbonyl (C=O) groups is 1. The average molecular weight is 434 g/mol. The quantitative estimate of drug-likeness (QED) is 0.298. The maximum absolute atomic E-state index is 13.1. The van der Waals surface area contributed by atoms with Gasteiger partial charge >= 0.3 is 0 Å². The van der Waals surface area contributed by atoms with Crippen LogP contribution in [0.2, 0.25) is 0 Å². The Morgan fingerprint density at radius 2 is 2.13 bits per heavy atom. The zero-order valence-electron chi connectivity index (χ0n) is 13.5. The van der Waals surface area contributed by atoms with Crippen LogP contribution >= 0.6 is 24.0 Å². The molecule has 0 unspecified atom stereocenters. The summed E-state index contributed by atoms with van der Waals surface area (Å²) in [5.41, 5.74) is 0.903. The fraction of sp³-hybridized carbons (Fsp3) is 0.375. The minimum Gasteiger partial charge on any atom is -0.356 e. The van der Waals surface area contributed by atoms with E-state index in [9.17, 15) is 9.18 Å². The van der Waals surface area contributed by atoms with Crippen LogP contribution < -0.4 is 10.6 Å². The van der Waals surface area contributed by atoms with Gasteiger partial charge in [0, 0.05) is 27.2 Å². The molecule has 7 heteroatoms. The lowest BCUT2D eigenvalue weighted by Crippen LogP contribution is -2.39. The van der Waals surface area contributed by atoms with Crippen molar-refractivity contribution >= 4 is 35.8 Å². The summed E-state index contributed by atoms with van der Waals surface area (Å²) in [4.78, 5) is 17.3. The van der Waals surface area contributed by atoms with Gasteiger partial charge in [0.2, 0.25) is 5.91 Å². The molecule has 1 aromatic carbocycles. The Kier molecular flexibility index (Phi) is 11.0. The van der Waals surface area contributed by atoms with E-state index in [1.165, 1.54) is 17.0 Å². The monoisotopic (exact) mass is 434 g/mol. The molecule has 0 atom stereocenters. The Morgan fingerprint density at radius 3 is 2.74 bits per heavy atom. The molecule has 0 aromatic heterocycles. The van der Waals surface area contributed by atoms with Gasteiger partial charge in [-0.3, -0.25) is 4.79 Å². The first-order chi connectivity index (χ1) is 10.5. The average Bonchev–Trinajstić information content (AvgIpc) is 2.49. The lowest BCUT2D eigenvalue weighted by atomic mass is 10.1. The molecule has 0 saturated carbocycles. The molecule has 2 N–H and O–H groups in total. The second-order valence-electron chi connectivity index (χ2n) is 4.93. The van der Waals surface area contributed by atoms with Gasteiger partial charge in [-0.25, -0.2) is 9.38 Å². The molecule has 0 saturated heterocycles. The number of nitrogens with zero attached hydrogens (tertiary/aromatic N) is 2. The predicted molar refractivity (Wildman–Crippen MR) is 103 cm³/mol. The molecule has 0 bridgehead atoms. The topological polar surface area (TPSA) is 56.7 Å². The summed E-state index contributed by atoms with van der Waals surface area (Å²) in [6.07, 6.45) is 2.37. The normalized spacial score (nSPS) is 10.5. The molecule has 0 fully saturated rings. The number of carbonyl (C=O) groups excluding carboxylic acids is 1. The van der Waals surface area contributed by atoms with Crippen molar-refractivity contribution in [1.82, 2.24) is 15.5 Å². The van der Waals surface area contributed by atoms with Gasteiger partial charge in [-0.05, 0) is 24.1 Å². The first-order valence-corrected chi connectivity index (χ1v) is 7.10. The number of guanidine groups is 1. The second-order valence-corrected chi connectivity index (χ2v) is 4.93. The molecule has 128 valence electrons. The Labute approximate surface area is 154 Å². The smallest absolute Gasteiger partial charge is 0.243 e. The maximum atomic E-state index is 13.1. The largest absolute Gasteiger partial charge is 0.356 e. The van der Waals surface area contributed by atoms with Crippen LogP contribution in [0, 0.1) is 5.82 Å². The molecule has 5 nitrogen and oxygen atoms in total. The van der Waals surface area contributed by atoms with Crippen molar-refractivity contribution in [1.29, 1.82) is 0 Å². The Balaban J connectivity index is 0.00000484. The zero-order chi connectivity index (χ0) is 16.4. The summed E-state index contributed by atoms with van der Waals surface area (Å²) in [5.74, 6) is 0.212. The van der Waals surface area contributed by atoms with E-state index in [0.717, 1.165) is 5.56 Å². The first-order valence-electron chi connectivity index (χ1n) is 7.10. The van der Waals surface area contributed by atoms with Gasteiger partial charge in [0.1, 0.15) is 12.4 Å². The summed E-state index contributed by atoms with van der Waals surface area (Å²) >= 11 is 0. The molecular formula is C16H24FIN4O. The number of hydrogen-bond acceptors (Lipinski definition) is 2. The van der Waals surface area contributed by atoms with E-state index in [-0.39, 0.29) is 42.2 Å². The van der Waals surface area contributed by atoms with Gasteiger partial charge in [-0.1, -0.05) is 18.2 Å². The van der Waals surface area contributed by atoms with Gasteiger partial charge < -0.3 is 15.5 Å². The van der Waals surface area contributed by atoms with Crippen LogP contribution in [0.1, 0.15) is 5.56 Å². The minimum atomic E-state index is -0.243. The number of rotatable bonds is 7. The molecule has 0 aliphatic carbocycles. The highest BCUT2D eigenvalue weighted by Crippen LogP contribution is 2.03. The third kappa shape index (κ3) is 9.17. The number of halogens is 2. The Morgan fingerprint density at radius 1 is 1.39 bits per heavy atom. The van der Waals surface area contributed by atoms with Crippen LogP contribution in [0.3, 0.4) is 0 Å². The highest BCUT2D eigenvalue weighted by atomic mass is 127. The van der Waals surface area contributed by atoms with Crippen molar-refractivity contribution in [2.45, 2.75) is 6.42 Å². The SMILES string of the molecule is C=CCNC(=NCC(=O)N(C)C)NCCc1cccc(F)c1.I. The van der Waals surface area contributed by atoms with Crippen LogP contribution in [0.5, 0.6) is 0 Å². The third-order valence-corrected chi connectivity index (χ3v) is 2.88. The van der Waals surface area contributed by atoms with E-state index < -0.39 is 0 Å². The maximum Gasteiger partial charge on any atom is 0.243 e. The number of hydrogen-bond donors (Lipinski definition) is 2. The van der Waals surface area contributed by atoms with Gasteiger partial charge in [-0.15, -0.1) is 30.6 Å². The highest BCUT2D eigenvalue weighted by Gasteiger charge is 2.04. The van der Waals surface area contributed by atoms with Crippen molar-refractivity contribution < 1.29 is 9.18 Å². The molecule has 1 rings (SSSR count). The Hall–Kier alpha value is -1.64. The Bertz CT molecular complexity index is 535. The molecule has 1 amide bonds. The number of nitrogens with one attached hydrogen (secondary N) is 2. The van der Waals surface area contributed by atoms with Gasteiger partial charge in [-0.2, -0.15) is 0 Å². The molecule has 0 spiro atoms. The number of amides is 1. The summed E-state index contributed by atoms with van der Waals surface area (Å²) in [7, 11) is 3.37. The number of benzene rings is 1. The van der Waals surface area contributed by atoms with E-state index in [2.05, 4.69) is 22.2 Å². The zero-order valence-corrected chi connectivity index (χ0v) is 15.8. The molecule has 0 heterocycles. The number of aliphatic imine (C=N–C) groups is 1. The molecule has 0 radical (unpaired) electrons. The van der Waals surface area contributed by atoms with Crippen LogP contribution in [0.25, 0.3) is 0 Å². The van der Waals surface area contributed by atoms with Crippen LogP contribution in [0.4, 0.5) is 4.39 Å². The van der Waals surface area contributed by atoms with Crippen molar-refractivity contribution in [2.75, 3.05) is 33.7 Å². The predicted octanol–water partition coefficient (Wildman–Crippen LogP) is 1.80. The summed E-state index contributed by atoms with van der Waals surface area (Å²) in [6, 6.07) is 6.48. The summed E-state index contributed by atoms with van der Waals surface area (Å²) < 4.78 is 13.1. The first kappa shape index (κ1) is 21.4. The van der Waals surface area contributed by atoms with E-state index in [4.69, 9.17) is 0 Å². The van der Waals surface area contributed by atoms with E-state index >= 15 is 0 Å². The van der Waals surface area contributed by atoms with Crippen molar-refractivity contribution in [3.63, 3.8) is 0 Å².